The van der Waals surface area contributed by atoms with Gasteiger partial charge in [0.2, 0.25) is 0 Å². The molecule has 0 radical (unpaired) electrons. The molecule has 0 N–H and O–H groups in total. The van der Waals surface area contributed by atoms with Gasteiger partial charge in [-0.1, -0.05) is 84.0 Å². The summed E-state index contributed by atoms with van der Waals surface area (Å²) in [6, 6.07) is 11.2. The van der Waals surface area contributed by atoms with Crippen LogP contribution in [0.2, 0.25) is 24.2 Å². The van der Waals surface area contributed by atoms with Crippen LogP contribution in [0, 0.1) is 59.3 Å². The molecule has 6 unspecified atom stereocenters. The van der Waals surface area contributed by atoms with Gasteiger partial charge >= 0.3 is 26.2 Å². The molecule has 2 aliphatic carbocycles. The van der Waals surface area contributed by atoms with Crippen LogP contribution >= 0.6 is 0 Å². The molecule has 0 bridgehead atoms. The zero-order chi connectivity index (χ0) is 17.5. The second-order valence-corrected chi connectivity index (χ2v) is 15.0. The Labute approximate surface area is 206 Å². The van der Waals surface area contributed by atoms with Crippen molar-refractivity contribution >= 4 is 8.07 Å². The molecular formula is C27H50SiZr. The van der Waals surface area contributed by atoms with Gasteiger partial charge in [-0.3, -0.25) is 0 Å². The average Bonchev–Trinajstić information content (AvgIpc) is 3.09. The zero-order valence-corrected chi connectivity index (χ0v) is 24.7. The third kappa shape index (κ3) is 6.90. The number of benzene rings is 1. The van der Waals surface area contributed by atoms with Gasteiger partial charge in [-0.2, -0.15) is 0 Å². The molecule has 0 heterocycles. The Hall–Kier alpha value is 0.320. The molecule has 1 aromatic rings. The third-order valence-electron chi connectivity index (χ3n) is 8.44. The van der Waals surface area contributed by atoms with Crippen LogP contribution in [0.5, 0.6) is 0 Å². The molecule has 1 aromatic carbocycles. The van der Waals surface area contributed by atoms with E-state index >= 15 is 0 Å². The molecule has 0 spiro atoms. The summed E-state index contributed by atoms with van der Waals surface area (Å²) in [6.07, 6.45) is 5.79. The van der Waals surface area contributed by atoms with Crippen molar-refractivity contribution in [2.75, 3.05) is 0 Å². The molecular weight excluding hydrogens is 444 g/mol. The first-order chi connectivity index (χ1) is 11.3. The topological polar surface area (TPSA) is 0 Å². The summed E-state index contributed by atoms with van der Waals surface area (Å²) >= 11 is 0. The van der Waals surface area contributed by atoms with Gasteiger partial charge in [-0.05, 0) is 59.1 Å². The quantitative estimate of drug-likeness (QED) is 0.290. The monoisotopic (exact) mass is 492 g/mol. The van der Waals surface area contributed by atoms with Crippen LogP contribution < -0.4 is 0 Å². The number of hydrogen-bond donors (Lipinski definition) is 0. The summed E-state index contributed by atoms with van der Waals surface area (Å²) in [5.74, 6) is 4.64. The van der Waals surface area contributed by atoms with Crippen molar-refractivity contribution in [2.45, 2.75) is 77.6 Å². The van der Waals surface area contributed by atoms with E-state index in [1.54, 1.807) is 5.56 Å². The molecule has 3 rings (SSSR count). The van der Waals surface area contributed by atoms with Gasteiger partial charge in [-0.15, -0.1) is 0 Å². The van der Waals surface area contributed by atoms with Crippen LogP contribution in [-0.2, 0) is 32.6 Å². The fourth-order valence-corrected chi connectivity index (χ4v) is 12.3. The van der Waals surface area contributed by atoms with Crippen LogP contribution in [0.25, 0.3) is 0 Å². The van der Waals surface area contributed by atoms with E-state index in [0.717, 1.165) is 40.7 Å². The summed E-state index contributed by atoms with van der Waals surface area (Å²) in [5.41, 5.74) is 3.63. The molecule has 2 heteroatoms. The van der Waals surface area contributed by atoms with E-state index in [1.807, 2.05) is 0 Å². The van der Waals surface area contributed by atoms with Crippen molar-refractivity contribution in [3.63, 3.8) is 0 Å². The molecule has 0 saturated heterocycles. The maximum absolute atomic E-state index is 2.74. The second kappa shape index (κ2) is 13.7. The van der Waals surface area contributed by atoms with Crippen molar-refractivity contribution in [1.29, 1.82) is 0 Å². The molecule has 166 valence electrons. The van der Waals surface area contributed by atoms with E-state index in [2.05, 4.69) is 71.1 Å². The Balaban J connectivity index is -0.00000135. The predicted molar refractivity (Wildman–Crippen MR) is 135 cm³/mol. The maximum Gasteiger partial charge on any atom is 4.00 e. The van der Waals surface area contributed by atoms with E-state index in [1.165, 1.54) is 25.7 Å². The maximum atomic E-state index is 2.74. The van der Waals surface area contributed by atoms with Crippen LogP contribution in [-0.4, -0.2) is 8.07 Å². The van der Waals surface area contributed by atoms with Crippen molar-refractivity contribution in [3.8, 4) is 0 Å². The summed E-state index contributed by atoms with van der Waals surface area (Å²) in [5, 5.41) is 0. The Morgan fingerprint density at radius 2 is 1.24 bits per heavy atom. The molecule has 29 heavy (non-hydrogen) atoms. The van der Waals surface area contributed by atoms with Gasteiger partial charge in [0, 0.05) is 0 Å². The molecule has 6 atom stereocenters. The van der Waals surface area contributed by atoms with E-state index in [0.29, 0.717) is 0 Å². The first-order valence-corrected chi connectivity index (χ1v) is 13.5. The van der Waals surface area contributed by atoms with E-state index in [4.69, 9.17) is 0 Å². The van der Waals surface area contributed by atoms with Gasteiger partial charge in [-0.25, -0.2) is 0 Å². The van der Waals surface area contributed by atoms with Gasteiger partial charge in [0.05, 0.1) is 8.07 Å². The molecule has 0 aromatic heterocycles. The summed E-state index contributed by atoms with van der Waals surface area (Å²) in [7, 11) is -1.21. The largest absolute Gasteiger partial charge is 4.00 e. The van der Waals surface area contributed by atoms with Crippen molar-refractivity contribution in [2.24, 2.45) is 29.6 Å². The Morgan fingerprint density at radius 1 is 0.759 bits per heavy atom. The minimum Gasteiger partial charge on any atom is -0.358 e. The minimum atomic E-state index is -1.21. The number of hydrogen-bond acceptors (Lipinski definition) is 0. The molecule has 2 saturated carbocycles. The van der Waals surface area contributed by atoms with Crippen LogP contribution in [0.1, 0.15) is 52.5 Å². The molecule has 2 aliphatic rings. The Bertz CT molecular complexity index is 527. The predicted octanol–water partition coefficient (Wildman–Crippen LogP) is 8.83. The summed E-state index contributed by atoms with van der Waals surface area (Å²) in [6.45, 7) is 15.7. The first kappa shape index (κ1) is 33.9. The fourth-order valence-electron chi connectivity index (χ4n) is 6.60. The normalized spacial score (nSPS) is 33.2. The SMILES string of the molecule is CC1C(C)C(C)C([Si](C)(C)C2CCC(Cc3ccccc3)C2)C1C.[CH3-].[CH3-].[CH3-].[CH3-].[Zr+4]. The van der Waals surface area contributed by atoms with Gasteiger partial charge in [0.1, 0.15) is 0 Å². The zero-order valence-electron chi connectivity index (χ0n) is 21.3. The average molecular weight is 494 g/mol. The van der Waals surface area contributed by atoms with Crippen LogP contribution in [0.15, 0.2) is 30.3 Å². The van der Waals surface area contributed by atoms with E-state index in [-0.39, 0.29) is 55.9 Å². The van der Waals surface area contributed by atoms with E-state index in [9.17, 15) is 0 Å². The molecule has 0 amide bonds. The standard InChI is InChI=1S/C23H38Si.4CH3.Zr/c1-16-17(2)19(4)23(18(16)3)24(5,6)22-13-12-21(15-22)14-20-10-8-7-9-11-20;;;;;/h7-11,16-19,21-23H,12-15H2,1-6H3;4*1H3;/q;4*-1;+4. The van der Waals surface area contributed by atoms with E-state index < -0.39 is 8.07 Å². The van der Waals surface area contributed by atoms with Crippen LogP contribution in [0.4, 0.5) is 0 Å². The van der Waals surface area contributed by atoms with Crippen molar-refractivity contribution < 1.29 is 26.2 Å². The minimum absolute atomic E-state index is 0. The van der Waals surface area contributed by atoms with Crippen LogP contribution in [0.3, 0.4) is 0 Å². The van der Waals surface area contributed by atoms with Gasteiger partial charge in [0.15, 0.2) is 0 Å². The Morgan fingerprint density at radius 3 is 1.72 bits per heavy atom. The van der Waals surface area contributed by atoms with Gasteiger partial charge < -0.3 is 29.7 Å². The van der Waals surface area contributed by atoms with Gasteiger partial charge in [0.25, 0.3) is 0 Å². The smallest absolute Gasteiger partial charge is 0.358 e. The third-order valence-corrected chi connectivity index (χ3v) is 13.8. The van der Waals surface area contributed by atoms with Crippen molar-refractivity contribution in [1.82, 2.24) is 0 Å². The summed E-state index contributed by atoms with van der Waals surface area (Å²) < 4.78 is 0. The molecule has 0 nitrogen and oxygen atoms in total. The number of rotatable bonds is 4. The Kier molecular flexibility index (Phi) is 16.0. The summed E-state index contributed by atoms with van der Waals surface area (Å²) in [4.78, 5) is 0. The second-order valence-electron chi connectivity index (χ2n) is 9.85. The first-order valence-electron chi connectivity index (χ1n) is 10.4. The molecule has 0 aliphatic heterocycles. The van der Waals surface area contributed by atoms with Crippen molar-refractivity contribution in [3.05, 3.63) is 65.6 Å². The molecule has 2 fully saturated rings. The fraction of sp³-hybridized carbons (Fsp3) is 0.630.